The second-order valence-corrected chi connectivity index (χ2v) is 4.89. The summed E-state index contributed by atoms with van der Waals surface area (Å²) < 4.78 is 10.4. The van der Waals surface area contributed by atoms with Gasteiger partial charge in [-0.3, -0.25) is 4.79 Å². The van der Waals surface area contributed by atoms with Crippen molar-refractivity contribution in [3.63, 3.8) is 0 Å². The van der Waals surface area contributed by atoms with Gasteiger partial charge in [-0.15, -0.1) is 0 Å². The molecule has 0 bridgehead atoms. The monoisotopic (exact) mass is 292 g/mol. The van der Waals surface area contributed by atoms with Crippen LogP contribution in [0.2, 0.25) is 0 Å². The van der Waals surface area contributed by atoms with Gasteiger partial charge in [0.15, 0.2) is 6.61 Å². The van der Waals surface area contributed by atoms with Crippen molar-refractivity contribution in [3.8, 4) is 5.75 Å². The van der Waals surface area contributed by atoms with Crippen LogP contribution < -0.4 is 10.5 Å². The summed E-state index contributed by atoms with van der Waals surface area (Å²) >= 11 is 0. The maximum atomic E-state index is 12.0. The molecule has 114 valence electrons. The first-order valence-electron chi connectivity index (χ1n) is 7.08. The molecule has 1 aliphatic heterocycles. The molecule has 0 aliphatic carbocycles. The number of anilines is 1. The van der Waals surface area contributed by atoms with Crippen LogP contribution >= 0.6 is 0 Å². The van der Waals surface area contributed by atoms with Crippen LogP contribution in [0.15, 0.2) is 18.2 Å². The molecule has 6 nitrogen and oxygen atoms in total. The SMILES string of the molecule is CCOc1cc(N)cc(C(=O)OCC(=O)N2CCCC2)c1. The third kappa shape index (κ3) is 4.11. The minimum Gasteiger partial charge on any atom is -0.494 e. The van der Waals surface area contributed by atoms with Crippen LogP contribution in [0, 0.1) is 0 Å². The highest BCUT2D eigenvalue weighted by Crippen LogP contribution is 2.19. The van der Waals surface area contributed by atoms with Crippen LogP contribution in [0.3, 0.4) is 0 Å². The van der Waals surface area contributed by atoms with Crippen molar-refractivity contribution in [1.82, 2.24) is 4.90 Å². The number of nitrogens with two attached hydrogens (primary N) is 1. The van der Waals surface area contributed by atoms with Crippen molar-refractivity contribution in [2.24, 2.45) is 0 Å². The van der Waals surface area contributed by atoms with E-state index in [2.05, 4.69) is 0 Å². The fourth-order valence-electron chi connectivity index (χ4n) is 2.26. The Labute approximate surface area is 123 Å². The first kappa shape index (κ1) is 15.2. The molecule has 0 aromatic heterocycles. The second-order valence-electron chi connectivity index (χ2n) is 4.89. The van der Waals surface area contributed by atoms with Gasteiger partial charge in [0.1, 0.15) is 5.75 Å². The van der Waals surface area contributed by atoms with Gasteiger partial charge in [-0.1, -0.05) is 0 Å². The Bertz CT molecular complexity index is 524. The largest absolute Gasteiger partial charge is 0.494 e. The van der Waals surface area contributed by atoms with Gasteiger partial charge in [-0.25, -0.2) is 4.79 Å². The number of carbonyl (C=O) groups excluding carboxylic acids is 2. The van der Waals surface area contributed by atoms with Crippen molar-refractivity contribution in [1.29, 1.82) is 0 Å². The van der Waals surface area contributed by atoms with Gasteiger partial charge in [0.25, 0.3) is 5.91 Å². The first-order chi connectivity index (χ1) is 10.1. The Kier molecular flexibility index (Phi) is 5.03. The molecule has 1 aliphatic rings. The molecule has 0 atom stereocenters. The van der Waals surface area contributed by atoms with Gasteiger partial charge in [-0.2, -0.15) is 0 Å². The Morgan fingerprint density at radius 1 is 1.24 bits per heavy atom. The van der Waals surface area contributed by atoms with Gasteiger partial charge >= 0.3 is 5.97 Å². The van der Waals surface area contributed by atoms with Gasteiger partial charge in [0, 0.05) is 24.8 Å². The molecule has 1 saturated heterocycles. The van der Waals surface area contributed by atoms with Crippen LogP contribution in [-0.4, -0.2) is 43.1 Å². The standard InChI is InChI=1S/C15H20N2O4/c1-2-20-13-8-11(7-12(16)9-13)15(19)21-10-14(18)17-5-3-4-6-17/h7-9H,2-6,10,16H2,1H3. The molecular weight excluding hydrogens is 272 g/mol. The molecule has 6 heteroatoms. The van der Waals surface area contributed by atoms with E-state index in [-0.39, 0.29) is 18.1 Å². The van der Waals surface area contributed by atoms with E-state index in [1.807, 2.05) is 6.92 Å². The smallest absolute Gasteiger partial charge is 0.338 e. The van der Waals surface area contributed by atoms with Gasteiger partial charge in [0.05, 0.1) is 12.2 Å². The number of hydrogen-bond donors (Lipinski definition) is 1. The van der Waals surface area contributed by atoms with E-state index < -0.39 is 5.97 Å². The Hall–Kier alpha value is -2.24. The number of rotatable bonds is 5. The number of nitrogens with zero attached hydrogens (tertiary/aromatic N) is 1. The fraction of sp³-hybridized carbons (Fsp3) is 0.467. The van der Waals surface area contributed by atoms with Crippen molar-refractivity contribution < 1.29 is 19.1 Å². The minimum atomic E-state index is -0.573. The summed E-state index contributed by atoms with van der Waals surface area (Å²) in [7, 11) is 0. The number of ether oxygens (including phenoxy) is 2. The summed E-state index contributed by atoms with van der Waals surface area (Å²) in [5.41, 5.74) is 6.42. The zero-order valence-electron chi connectivity index (χ0n) is 12.1. The predicted octanol–water partition coefficient (Wildman–Crippen LogP) is 1.45. The molecular formula is C15H20N2O4. The molecule has 1 heterocycles. The predicted molar refractivity (Wildman–Crippen MR) is 78.1 cm³/mol. The van der Waals surface area contributed by atoms with E-state index in [1.165, 1.54) is 6.07 Å². The molecule has 2 rings (SSSR count). The normalized spacial score (nSPS) is 14.0. The molecule has 1 aromatic rings. The lowest BCUT2D eigenvalue weighted by molar-refractivity contribution is -0.133. The van der Waals surface area contributed by atoms with Crippen LogP contribution in [0.4, 0.5) is 5.69 Å². The zero-order valence-corrected chi connectivity index (χ0v) is 12.1. The number of esters is 1. The molecule has 1 amide bonds. The third-order valence-electron chi connectivity index (χ3n) is 3.26. The number of nitrogen functional groups attached to an aromatic ring is 1. The average Bonchev–Trinajstić information content (AvgIpc) is 2.98. The maximum Gasteiger partial charge on any atom is 0.338 e. The molecule has 0 unspecified atom stereocenters. The fourth-order valence-corrected chi connectivity index (χ4v) is 2.26. The second kappa shape index (κ2) is 6.97. The highest BCUT2D eigenvalue weighted by atomic mass is 16.5. The number of likely N-dealkylation sites (tertiary alicyclic amines) is 1. The lowest BCUT2D eigenvalue weighted by Crippen LogP contribution is -2.32. The van der Waals surface area contributed by atoms with Gasteiger partial charge < -0.3 is 20.1 Å². The van der Waals surface area contributed by atoms with Crippen molar-refractivity contribution in [3.05, 3.63) is 23.8 Å². The molecule has 0 spiro atoms. The minimum absolute atomic E-state index is 0.158. The summed E-state index contributed by atoms with van der Waals surface area (Å²) in [5.74, 6) is -0.221. The van der Waals surface area contributed by atoms with Crippen LogP contribution in [0.25, 0.3) is 0 Å². The Morgan fingerprint density at radius 2 is 1.95 bits per heavy atom. The first-order valence-corrected chi connectivity index (χ1v) is 7.08. The lowest BCUT2D eigenvalue weighted by atomic mass is 10.2. The Morgan fingerprint density at radius 3 is 2.62 bits per heavy atom. The van der Waals surface area contributed by atoms with Crippen LogP contribution in [-0.2, 0) is 9.53 Å². The van der Waals surface area contributed by atoms with Gasteiger partial charge in [-0.05, 0) is 31.9 Å². The van der Waals surface area contributed by atoms with E-state index in [1.54, 1.807) is 17.0 Å². The quantitative estimate of drug-likeness (QED) is 0.656. The molecule has 21 heavy (non-hydrogen) atoms. The third-order valence-corrected chi connectivity index (χ3v) is 3.26. The number of carbonyl (C=O) groups is 2. The molecule has 1 fully saturated rings. The van der Waals surface area contributed by atoms with Gasteiger partial charge in [0.2, 0.25) is 0 Å². The summed E-state index contributed by atoms with van der Waals surface area (Å²) in [6.45, 7) is 3.56. The molecule has 0 saturated carbocycles. The van der Waals surface area contributed by atoms with Crippen molar-refractivity contribution in [2.45, 2.75) is 19.8 Å². The molecule has 1 aromatic carbocycles. The highest BCUT2D eigenvalue weighted by Gasteiger charge is 2.19. The van der Waals surface area contributed by atoms with Crippen LogP contribution in [0.5, 0.6) is 5.75 Å². The molecule has 0 radical (unpaired) electrons. The highest BCUT2D eigenvalue weighted by molar-refractivity contribution is 5.92. The lowest BCUT2D eigenvalue weighted by Gasteiger charge is -2.15. The number of hydrogen-bond acceptors (Lipinski definition) is 5. The summed E-state index contributed by atoms with van der Waals surface area (Å²) in [6.07, 6.45) is 2.01. The number of amides is 1. The maximum absolute atomic E-state index is 12.0. The van der Waals surface area contributed by atoms with E-state index in [4.69, 9.17) is 15.2 Å². The zero-order chi connectivity index (χ0) is 15.2. The topological polar surface area (TPSA) is 81.9 Å². The molecule has 2 N–H and O–H groups in total. The van der Waals surface area contributed by atoms with Crippen molar-refractivity contribution in [2.75, 3.05) is 32.0 Å². The van der Waals surface area contributed by atoms with Crippen molar-refractivity contribution >= 4 is 17.6 Å². The summed E-state index contributed by atoms with van der Waals surface area (Å²) in [6, 6.07) is 4.70. The Balaban J connectivity index is 1.94. The summed E-state index contributed by atoms with van der Waals surface area (Å²) in [5, 5.41) is 0. The van der Waals surface area contributed by atoms with E-state index in [9.17, 15) is 9.59 Å². The van der Waals surface area contributed by atoms with E-state index >= 15 is 0 Å². The average molecular weight is 292 g/mol. The number of benzene rings is 1. The van der Waals surface area contributed by atoms with E-state index in [0.29, 0.717) is 18.0 Å². The van der Waals surface area contributed by atoms with E-state index in [0.717, 1.165) is 25.9 Å². The summed E-state index contributed by atoms with van der Waals surface area (Å²) in [4.78, 5) is 25.5. The van der Waals surface area contributed by atoms with Crippen LogP contribution in [0.1, 0.15) is 30.1 Å².